The second-order valence-corrected chi connectivity index (χ2v) is 7.06. The maximum absolute atomic E-state index is 13.2. The first kappa shape index (κ1) is 17.0. The van der Waals surface area contributed by atoms with Gasteiger partial charge in [0.1, 0.15) is 5.03 Å². The molecule has 0 saturated carbocycles. The number of carboxylic acids is 1. The largest absolute Gasteiger partial charge is 0.478 e. The molecule has 5 nitrogen and oxygen atoms in total. The molecule has 0 aliphatic carbocycles. The lowest BCUT2D eigenvalue weighted by atomic mass is 10.1. The Labute approximate surface area is 145 Å². The number of piperidine rings is 1. The molecular formula is C15H15F2N3O2S2. The van der Waals surface area contributed by atoms with E-state index in [0.29, 0.717) is 13.1 Å². The van der Waals surface area contributed by atoms with Crippen molar-refractivity contribution in [3.63, 3.8) is 0 Å². The molecule has 2 N–H and O–H groups in total. The lowest BCUT2D eigenvalue weighted by molar-refractivity contribution is -0.0220. The van der Waals surface area contributed by atoms with Crippen LogP contribution in [0.4, 0.5) is 19.6 Å². The molecule has 1 fully saturated rings. The number of anilines is 2. The summed E-state index contributed by atoms with van der Waals surface area (Å²) < 4.78 is 29.5. The zero-order valence-corrected chi connectivity index (χ0v) is 14.2. The van der Waals surface area contributed by atoms with Crippen molar-refractivity contribution >= 4 is 40.1 Å². The SMILES string of the molecule is O=C(O)c1ccc(NSc2csc(N3CCC(F)(F)CC3)n2)cc1. The van der Waals surface area contributed by atoms with Gasteiger partial charge < -0.3 is 14.7 Å². The number of alkyl halides is 2. The highest BCUT2D eigenvalue weighted by Gasteiger charge is 2.34. The Bertz CT molecular complexity index is 712. The number of hydrogen-bond acceptors (Lipinski definition) is 6. The summed E-state index contributed by atoms with van der Waals surface area (Å²) in [7, 11) is 0. The Morgan fingerprint density at radius 1 is 1.29 bits per heavy atom. The van der Waals surface area contributed by atoms with Crippen LogP contribution in [-0.2, 0) is 0 Å². The Morgan fingerprint density at radius 3 is 2.58 bits per heavy atom. The number of aromatic carboxylic acids is 1. The Kier molecular flexibility index (Phi) is 4.91. The van der Waals surface area contributed by atoms with Gasteiger partial charge in [-0.2, -0.15) is 0 Å². The molecule has 24 heavy (non-hydrogen) atoms. The summed E-state index contributed by atoms with van der Waals surface area (Å²) in [6.07, 6.45) is -0.271. The van der Waals surface area contributed by atoms with Crippen molar-refractivity contribution in [1.82, 2.24) is 4.98 Å². The summed E-state index contributed by atoms with van der Waals surface area (Å²) >= 11 is 2.73. The van der Waals surface area contributed by atoms with Gasteiger partial charge in [-0.15, -0.1) is 11.3 Å². The van der Waals surface area contributed by atoms with Gasteiger partial charge in [0.2, 0.25) is 0 Å². The predicted octanol–water partition coefficient (Wildman–Crippen LogP) is 4.20. The highest BCUT2D eigenvalue weighted by atomic mass is 32.2. The van der Waals surface area contributed by atoms with Crippen LogP contribution in [0.25, 0.3) is 0 Å². The quantitative estimate of drug-likeness (QED) is 0.768. The van der Waals surface area contributed by atoms with E-state index in [-0.39, 0.29) is 18.4 Å². The van der Waals surface area contributed by atoms with E-state index in [2.05, 4.69) is 9.71 Å². The zero-order valence-electron chi connectivity index (χ0n) is 12.5. The van der Waals surface area contributed by atoms with Crippen LogP contribution in [0, 0.1) is 0 Å². The number of nitrogens with one attached hydrogen (secondary N) is 1. The summed E-state index contributed by atoms with van der Waals surface area (Å²) in [5.74, 6) is -3.53. The summed E-state index contributed by atoms with van der Waals surface area (Å²) in [5.41, 5.74) is 0.987. The molecule has 0 unspecified atom stereocenters. The molecule has 0 atom stereocenters. The molecule has 1 aromatic carbocycles. The van der Waals surface area contributed by atoms with Crippen molar-refractivity contribution in [2.45, 2.75) is 23.8 Å². The van der Waals surface area contributed by atoms with E-state index >= 15 is 0 Å². The van der Waals surface area contributed by atoms with Crippen LogP contribution in [0.15, 0.2) is 34.7 Å². The van der Waals surface area contributed by atoms with E-state index in [1.54, 1.807) is 12.1 Å². The minimum Gasteiger partial charge on any atom is -0.478 e. The van der Waals surface area contributed by atoms with Crippen LogP contribution >= 0.6 is 23.3 Å². The third kappa shape index (κ3) is 4.15. The van der Waals surface area contributed by atoms with Crippen LogP contribution in [0.1, 0.15) is 23.2 Å². The van der Waals surface area contributed by atoms with Gasteiger partial charge in [0.25, 0.3) is 5.92 Å². The smallest absolute Gasteiger partial charge is 0.335 e. The summed E-state index contributed by atoms with van der Waals surface area (Å²) in [4.78, 5) is 17.1. The molecule has 1 saturated heterocycles. The topological polar surface area (TPSA) is 65.5 Å². The number of rotatable bonds is 5. The minimum atomic E-state index is -2.56. The van der Waals surface area contributed by atoms with Crippen molar-refractivity contribution in [3.8, 4) is 0 Å². The fraction of sp³-hybridized carbons (Fsp3) is 0.333. The second-order valence-electron chi connectivity index (χ2n) is 5.40. The average molecular weight is 371 g/mol. The van der Waals surface area contributed by atoms with Crippen LogP contribution in [0.3, 0.4) is 0 Å². The molecule has 0 radical (unpaired) electrons. The minimum absolute atomic E-state index is 0.136. The van der Waals surface area contributed by atoms with Gasteiger partial charge in [-0.3, -0.25) is 0 Å². The van der Waals surface area contributed by atoms with E-state index < -0.39 is 11.9 Å². The predicted molar refractivity (Wildman–Crippen MR) is 91.4 cm³/mol. The number of hydrogen-bond donors (Lipinski definition) is 2. The number of benzene rings is 1. The number of carbonyl (C=O) groups is 1. The first-order valence-electron chi connectivity index (χ1n) is 7.27. The molecule has 0 bridgehead atoms. The molecule has 1 aliphatic rings. The average Bonchev–Trinajstić information content (AvgIpc) is 3.02. The van der Waals surface area contributed by atoms with Gasteiger partial charge in [0.05, 0.1) is 5.56 Å². The lowest BCUT2D eigenvalue weighted by Crippen LogP contribution is -2.39. The maximum Gasteiger partial charge on any atom is 0.335 e. The highest BCUT2D eigenvalue weighted by molar-refractivity contribution is 8.00. The normalized spacial score (nSPS) is 16.8. The number of thiazole rings is 1. The molecule has 3 rings (SSSR count). The molecule has 1 aromatic heterocycles. The van der Waals surface area contributed by atoms with Crippen molar-refractivity contribution in [3.05, 3.63) is 35.2 Å². The van der Waals surface area contributed by atoms with E-state index in [9.17, 15) is 13.6 Å². The maximum atomic E-state index is 13.2. The molecule has 1 aliphatic heterocycles. The van der Waals surface area contributed by atoms with Crippen LogP contribution in [0.5, 0.6) is 0 Å². The molecule has 0 amide bonds. The number of halogens is 2. The third-order valence-corrected chi connectivity index (χ3v) is 5.45. The zero-order chi connectivity index (χ0) is 17.2. The lowest BCUT2D eigenvalue weighted by Gasteiger charge is -2.31. The van der Waals surface area contributed by atoms with E-state index in [0.717, 1.165) is 15.8 Å². The molecule has 2 aromatic rings. The van der Waals surface area contributed by atoms with Gasteiger partial charge in [-0.05, 0) is 24.3 Å². The molecule has 128 valence electrons. The summed E-state index contributed by atoms with van der Waals surface area (Å²) in [6.45, 7) is 0.628. The van der Waals surface area contributed by atoms with Crippen molar-refractivity contribution < 1.29 is 18.7 Å². The molecule has 2 heterocycles. The van der Waals surface area contributed by atoms with E-state index in [1.165, 1.54) is 35.4 Å². The van der Waals surface area contributed by atoms with Crippen LogP contribution in [0.2, 0.25) is 0 Å². The molecule has 0 spiro atoms. The summed E-state index contributed by atoms with van der Waals surface area (Å²) in [6, 6.07) is 6.39. The van der Waals surface area contributed by atoms with Crippen LogP contribution < -0.4 is 9.62 Å². The van der Waals surface area contributed by atoms with Gasteiger partial charge in [-0.25, -0.2) is 18.6 Å². The molecule has 9 heteroatoms. The van der Waals surface area contributed by atoms with E-state index in [1.807, 2.05) is 10.3 Å². The first-order chi connectivity index (χ1) is 11.4. The third-order valence-electron chi connectivity index (χ3n) is 3.64. The fourth-order valence-electron chi connectivity index (χ4n) is 2.26. The fourth-order valence-corrected chi connectivity index (χ4v) is 3.89. The number of carboxylic acid groups (broad SMARTS) is 1. The Hall–Kier alpha value is -1.87. The monoisotopic (exact) mass is 371 g/mol. The van der Waals surface area contributed by atoms with Gasteiger partial charge >= 0.3 is 5.97 Å². The van der Waals surface area contributed by atoms with Crippen molar-refractivity contribution in [1.29, 1.82) is 0 Å². The molecular weight excluding hydrogens is 356 g/mol. The Balaban J connectivity index is 1.55. The van der Waals surface area contributed by atoms with Crippen LogP contribution in [-0.4, -0.2) is 35.1 Å². The highest BCUT2D eigenvalue weighted by Crippen LogP contribution is 2.33. The van der Waals surface area contributed by atoms with Crippen molar-refractivity contribution in [2.24, 2.45) is 0 Å². The number of aromatic nitrogens is 1. The second kappa shape index (κ2) is 6.94. The van der Waals surface area contributed by atoms with Gasteiger partial charge in [-0.1, -0.05) is 0 Å². The first-order valence-corrected chi connectivity index (χ1v) is 8.97. The van der Waals surface area contributed by atoms with Crippen molar-refractivity contribution in [2.75, 3.05) is 22.7 Å². The summed E-state index contributed by atoms with van der Waals surface area (Å²) in [5, 5.41) is 12.2. The van der Waals surface area contributed by atoms with Gasteiger partial charge in [0.15, 0.2) is 5.13 Å². The van der Waals surface area contributed by atoms with Gasteiger partial charge in [0, 0.05) is 48.9 Å². The van der Waals surface area contributed by atoms with E-state index in [4.69, 9.17) is 5.11 Å². The number of nitrogens with zero attached hydrogens (tertiary/aromatic N) is 2. The Morgan fingerprint density at radius 2 is 1.96 bits per heavy atom. The standard InChI is InChI=1S/C15H15F2N3O2S2/c16-15(17)5-7-20(8-6-15)14-18-12(9-23-14)24-19-11-3-1-10(2-4-11)13(21)22/h1-4,9,19H,5-8H2,(H,21,22).